The lowest BCUT2D eigenvalue weighted by Crippen LogP contribution is -2.50. The number of Topliss-reactive ketones (excluding diaryl/α,β-unsaturated/α-hetero) is 3. The van der Waals surface area contributed by atoms with Gasteiger partial charge in [-0.25, -0.2) is 0 Å². The van der Waals surface area contributed by atoms with Crippen LogP contribution in [0.3, 0.4) is 0 Å². The van der Waals surface area contributed by atoms with E-state index in [1.807, 2.05) is 25.1 Å². The molecule has 0 radical (unpaired) electrons. The van der Waals surface area contributed by atoms with Crippen molar-refractivity contribution in [2.24, 2.45) is 104 Å². The summed E-state index contributed by atoms with van der Waals surface area (Å²) in [5, 5.41) is 93.3. The molecule has 0 bridgehead atoms. The minimum atomic E-state index is -0.382. The fourth-order valence-electron chi connectivity index (χ4n) is 32.3. The number of carbonyl (C=O) groups excluding carboxylic acids is 3. The molecule has 18 aliphatic carbocycles. The van der Waals surface area contributed by atoms with Crippen LogP contribution in [0.25, 0.3) is 11.1 Å². The molecule has 0 aliphatic heterocycles. The summed E-state index contributed by atoms with van der Waals surface area (Å²) in [6.07, 6.45) is 32.7. The first-order valence-electron chi connectivity index (χ1n) is 49.0. The van der Waals surface area contributed by atoms with Crippen LogP contribution < -0.4 is 0 Å². The number of rotatable bonds is 0. The van der Waals surface area contributed by atoms with Gasteiger partial charge in [0.2, 0.25) is 0 Å². The second-order valence-corrected chi connectivity index (χ2v) is 45.1. The Kier molecular flexibility index (Phi) is 22.8. The number of phenols is 2. The molecule has 9 N–H and O–H groups in total. The number of carbonyl (C=O) groups is 3. The van der Waals surface area contributed by atoms with Gasteiger partial charge in [-0.05, 0) is 390 Å². The normalized spacial score (nSPS) is 41.1. The highest BCUT2D eigenvalue weighted by Crippen LogP contribution is 2.67. The highest BCUT2D eigenvalue weighted by molar-refractivity contribution is 5.97. The second kappa shape index (κ2) is 32.6. The molecule has 6 aromatic carbocycles. The number of aliphatic hydroxyl groups excluding tert-OH is 7. The summed E-state index contributed by atoms with van der Waals surface area (Å²) in [5.41, 5.74) is 24.0. The van der Waals surface area contributed by atoms with Gasteiger partial charge in [-0.15, -0.1) is 0 Å². The molecule has 29 atom stereocenters. The third-order valence-corrected chi connectivity index (χ3v) is 38.8. The lowest BCUT2D eigenvalue weighted by molar-refractivity contribution is -0.139. The zero-order valence-electron chi connectivity index (χ0n) is 75.8. The number of phenolic OH excluding ortho intramolecular Hbond substituents is 2. The van der Waals surface area contributed by atoms with Crippen LogP contribution >= 0.6 is 0 Å². The Morgan fingerprint density at radius 2 is 0.653 bits per heavy atom. The predicted molar refractivity (Wildman–Crippen MR) is 488 cm³/mol. The van der Waals surface area contributed by atoms with Crippen molar-refractivity contribution in [1.29, 1.82) is 0 Å². The van der Waals surface area contributed by atoms with E-state index in [9.17, 15) is 60.3 Å². The molecule has 0 amide bonds. The highest BCUT2D eigenvalue weighted by atomic mass is 16.3. The standard InChI is InChI=1S/2C19H26O2.C19H22O2.C19H22O.C18H24O3.C18H22O2/c3*1-11-3-5-13-12(9-11)4-6-14-15-7-8-17(21)19(15,2)10-16(20)18(13)14;1-12-3-5-14-13(11-12)4-6-16-15(14)9-10-19(2)17(16)7-8-18(19)20;1-18-9-15(20)17-12-5-3-11(19)8-10(12)2-4-13(17)14(18)6-7-16(18)21;1-18-9-8-14-13-5-3-12(19)10-11(13)2-4-15(14)16(18)6-7-17(18)20/h2*3,5,9,14-18,20-21H,4,6-8,10H2,1-2H3;3,5,9,14-15,18H,4,6-8,10H2,1-2H3;3,5,9,11,16-17H,4,6-8,10H2,1-2H3;3,5,8,13-17,19-21H,2,4,6-7,9H2,1H3;3,5,8,10,15-17,19-20H,2,4,6-7,9H2,1H3/t14?,15?,16-,17?,18?,19+;14?,15?,16-,17-,18?,19-;14?,15?,18?,19-;16?,17?,19-;13?,14?,15-,16-,17?,18-;15?,16?,17?,18-/m100000/s1. The monoisotopic (exact) mass is 1680 g/mol. The van der Waals surface area contributed by atoms with Gasteiger partial charge in [0.25, 0.3) is 0 Å². The Balaban J connectivity index is 0.0000000976. The SMILES string of the molecule is C[C@]12CC=C3c4ccc(O)cc4CCC3C1CCC2O.C[C@]12C[C@H](O)C3c4ccc(O)cc4CCC3C1CC[C@@H]2O.Cc1ccc2c(c1)CCC1C2=CC[C@]2(C)C(=O)CCC12.Cc1ccc2c(c1)CCC1C2C(=O)C[C@]2(C)C(=O)CCC12.Cc1ccc2c(c1)CCC1C2[C@@H](O)C[C@@]2(C)C1CC[C@@H]2O.Cc1ccc2c(c1)CCC1C2[C@H](O)C[C@]2(C)C(O)CCC12. The van der Waals surface area contributed by atoms with Crippen molar-refractivity contribution in [2.45, 2.75) is 328 Å². The van der Waals surface area contributed by atoms with Crippen molar-refractivity contribution >= 4 is 28.5 Å². The van der Waals surface area contributed by atoms with Gasteiger partial charge in [-0.3, -0.25) is 14.4 Å². The fourth-order valence-corrected chi connectivity index (χ4v) is 32.3. The smallest absolute Gasteiger partial charge is 0.141 e. The van der Waals surface area contributed by atoms with Crippen molar-refractivity contribution in [2.75, 3.05) is 0 Å². The molecule has 18 unspecified atom stereocenters. The van der Waals surface area contributed by atoms with Gasteiger partial charge in [-0.2, -0.15) is 0 Å². The maximum absolute atomic E-state index is 12.8. The van der Waals surface area contributed by atoms with Crippen molar-refractivity contribution in [1.82, 2.24) is 0 Å². The Hall–Kier alpha value is -6.87. The van der Waals surface area contributed by atoms with Gasteiger partial charge < -0.3 is 46.0 Å². The minimum Gasteiger partial charge on any atom is -0.508 e. The summed E-state index contributed by atoms with van der Waals surface area (Å²) in [6, 6.07) is 38.3. The van der Waals surface area contributed by atoms with Crippen LogP contribution in [0.1, 0.15) is 308 Å². The Bertz CT molecular complexity index is 4960. The number of aromatic hydroxyl groups is 2. The molecule has 12 nitrogen and oxygen atoms in total. The Morgan fingerprint density at radius 1 is 0.306 bits per heavy atom. The van der Waals surface area contributed by atoms with E-state index in [1.54, 1.807) is 17.7 Å². The van der Waals surface area contributed by atoms with E-state index in [-0.39, 0.29) is 98.9 Å². The molecule has 24 rings (SSSR count). The zero-order chi connectivity index (χ0) is 86.9. The van der Waals surface area contributed by atoms with Gasteiger partial charge >= 0.3 is 0 Å². The number of aryl methyl sites for hydroxylation is 10. The minimum absolute atomic E-state index is 0.0540. The first-order chi connectivity index (χ1) is 59.2. The fraction of sp³-hybridized carbons (Fsp3) is 0.616. The zero-order valence-corrected chi connectivity index (χ0v) is 75.8. The summed E-state index contributed by atoms with van der Waals surface area (Å²) < 4.78 is 0. The van der Waals surface area contributed by atoms with Crippen LogP contribution in [-0.4, -0.2) is 106 Å². The van der Waals surface area contributed by atoms with E-state index < -0.39 is 0 Å². The van der Waals surface area contributed by atoms with Crippen molar-refractivity contribution in [3.05, 3.63) is 210 Å². The maximum atomic E-state index is 12.8. The number of aliphatic hydroxyl groups is 7. The number of benzene rings is 6. The summed E-state index contributed by atoms with van der Waals surface area (Å²) >= 11 is 0. The highest BCUT2D eigenvalue weighted by Gasteiger charge is 2.63. The molecule has 12 heteroatoms. The molecule has 6 aromatic rings. The van der Waals surface area contributed by atoms with Crippen LogP contribution in [0.4, 0.5) is 0 Å². The summed E-state index contributed by atoms with van der Waals surface area (Å²) in [7, 11) is 0. The van der Waals surface area contributed by atoms with Crippen molar-refractivity contribution in [3.8, 4) is 11.5 Å². The van der Waals surface area contributed by atoms with Gasteiger partial charge in [0.1, 0.15) is 28.8 Å². The second-order valence-electron chi connectivity index (χ2n) is 45.1. The van der Waals surface area contributed by atoms with Crippen LogP contribution in [0, 0.1) is 131 Å². The van der Waals surface area contributed by atoms with Gasteiger partial charge in [-0.1, -0.05) is 161 Å². The van der Waals surface area contributed by atoms with Crippen LogP contribution in [0.15, 0.2) is 121 Å². The van der Waals surface area contributed by atoms with E-state index >= 15 is 0 Å². The quantitative estimate of drug-likeness (QED) is 0.0691. The summed E-state index contributed by atoms with van der Waals surface area (Å²) in [4.78, 5) is 37.4. The first kappa shape index (κ1) is 86.5. The largest absolute Gasteiger partial charge is 0.508 e. The van der Waals surface area contributed by atoms with Crippen molar-refractivity contribution < 1.29 is 60.3 Å². The summed E-state index contributed by atoms with van der Waals surface area (Å²) in [6.45, 7) is 21.7. The number of fused-ring (bicyclic) bond motifs is 30. The van der Waals surface area contributed by atoms with Crippen LogP contribution in [-0.2, 0) is 52.9 Å². The van der Waals surface area contributed by atoms with E-state index in [2.05, 4.69) is 153 Å². The summed E-state index contributed by atoms with van der Waals surface area (Å²) in [5.74, 6) is 9.12. The third kappa shape index (κ3) is 14.4. The van der Waals surface area contributed by atoms with Crippen LogP contribution in [0.5, 0.6) is 11.5 Å². The molecular weight excluding hydrogens is 1540 g/mol. The lowest BCUT2D eigenvalue weighted by atomic mass is 9.54. The number of hydrogen-bond acceptors (Lipinski definition) is 12. The number of ketones is 3. The Morgan fingerprint density at radius 3 is 1.15 bits per heavy atom. The van der Waals surface area contributed by atoms with Gasteiger partial charge in [0.05, 0.1) is 42.7 Å². The number of hydrogen-bond donors (Lipinski definition) is 9. The molecule has 662 valence electrons. The van der Waals surface area contributed by atoms with Crippen LogP contribution in [0.2, 0.25) is 0 Å². The molecule has 124 heavy (non-hydrogen) atoms. The predicted octanol–water partition coefficient (Wildman–Crippen LogP) is 20.4. The first-order valence-corrected chi connectivity index (χ1v) is 49.0. The van der Waals surface area contributed by atoms with E-state index in [0.717, 1.165) is 148 Å². The molecule has 0 saturated heterocycles. The van der Waals surface area contributed by atoms with Gasteiger partial charge in [0.15, 0.2) is 0 Å². The molecule has 0 spiro atoms. The van der Waals surface area contributed by atoms with Gasteiger partial charge in [0, 0.05) is 59.2 Å². The number of allylic oxidation sites excluding steroid dienone is 4. The average Bonchev–Trinajstić information content (AvgIpc) is 1.47. The maximum Gasteiger partial charge on any atom is 0.141 e. The molecule has 10 fully saturated rings. The van der Waals surface area contributed by atoms with Crippen molar-refractivity contribution in [3.63, 3.8) is 0 Å². The third-order valence-electron chi connectivity index (χ3n) is 38.8. The lowest BCUT2D eigenvalue weighted by Gasteiger charge is -2.52. The molecular formula is C112H142O12. The van der Waals surface area contributed by atoms with E-state index in [1.165, 1.54) is 120 Å². The average molecular weight is 1680 g/mol. The molecule has 10 saturated carbocycles. The topological polar surface area (TPSA) is 233 Å². The Labute approximate surface area is 738 Å². The van der Waals surface area contributed by atoms with E-state index in [0.29, 0.717) is 119 Å². The molecule has 0 aromatic heterocycles. The molecule has 0 heterocycles. The van der Waals surface area contributed by atoms with E-state index in [4.69, 9.17) is 0 Å². The molecule has 18 aliphatic rings.